The molecule has 1 N–H and O–H groups in total. The molecule has 1 heterocycles. The average molecular weight is 356 g/mol. The standard InChI is InChI=1S/C19H20N2O5/c1-24-16-4-2-3-5-17(16)26-12-18(22)20-14-6-8-15(9-7-14)21-10-11-25-13-19(21)23/h2-9H,10-13H2,1H3,(H,20,22). The minimum Gasteiger partial charge on any atom is -0.493 e. The van der Waals surface area contributed by atoms with Crippen LogP contribution in [-0.2, 0) is 14.3 Å². The molecular weight excluding hydrogens is 336 g/mol. The molecule has 0 spiro atoms. The largest absolute Gasteiger partial charge is 0.493 e. The first kappa shape index (κ1) is 17.8. The quantitative estimate of drug-likeness (QED) is 0.857. The summed E-state index contributed by atoms with van der Waals surface area (Å²) in [6.07, 6.45) is 0. The van der Waals surface area contributed by atoms with Crippen molar-refractivity contribution in [1.29, 1.82) is 0 Å². The number of carbonyl (C=O) groups is 2. The summed E-state index contributed by atoms with van der Waals surface area (Å²) in [6, 6.07) is 14.2. The van der Waals surface area contributed by atoms with Gasteiger partial charge in [0.2, 0.25) is 0 Å². The number of hydrogen-bond acceptors (Lipinski definition) is 5. The fourth-order valence-electron chi connectivity index (χ4n) is 2.59. The lowest BCUT2D eigenvalue weighted by molar-refractivity contribution is -0.125. The van der Waals surface area contributed by atoms with E-state index in [2.05, 4.69) is 5.32 Å². The van der Waals surface area contributed by atoms with Crippen molar-refractivity contribution in [3.05, 3.63) is 48.5 Å². The molecular formula is C19H20N2O5. The van der Waals surface area contributed by atoms with Crippen molar-refractivity contribution in [1.82, 2.24) is 0 Å². The van der Waals surface area contributed by atoms with Crippen LogP contribution in [0.3, 0.4) is 0 Å². The highest BCUT2D eigenvalue weighted by molar-refractivity contribution is 5.96. The van der Waals surface area contributed by atoms with E-state index in [4.69, 9.17) is 14.2 Å². The lowest BCUT2D eigenvalue weighted by Gasteiger charge is -2.26. The second kappa shape index (κ2) is 8.35. The molecule has 1 aliphatic heterocycles. The molecule has 3 rings (SSSR count). The number of carbonyl (C=O) groups excluding carboxylic acids is 2. The van der Waals surface area contributed by atoms with Crippen molar-refractivity contribution in [3.63, 3.8) is 0 Å². The Labute approximate surface area is 151 Å². The first-order valence-electron chi connectivity index (χ1n) is 8.21. The maximum atomic E-state index is 12.1. The minimum atomic E-state index is -0.286. The van der Waals surface area contributed by atoms with Gasteiger partial charge in [0.05, 0.1) is 13.7 Å². The van der Waals surface area contributed by atoms with Gasteiger partial charge in [0.1, 0.15) is 6.61 Å². The van der Waals surface area contributed by atoms with Gasteiger partial charge in [-0.3, -0.25) is 9.59 Å². The van der Waals surface area contributed by atoms with Crippen molar-refractivity contribution < 1.29 is 23.8 Å². The van der Waals surface area contributed by atoms with E-state index in [0.29, 0.717) is 30.3 Å². The number of morpholine rings is 1. The Hall–Kier alpha value is -3.06. The van der Waals surface area contributed by atoms with Crippen LogP contribution in [0.1, 0.15) is 0 Å². The summed E-state index contributed by atoms with van der Waals surface area (Å²) in [7, 11) is 1.54. The Kier molecular flexibility index (Phi) is 5.70. The molecule has 0 aromatic heterocycles. The van der Waals surface area contributed by atoms with E-state index >= 15 is 0 Å². The van der Waals surface area contributed by atoms with Crippen LogP contribution in [0.4, 0.5) is 11.4 Å². The highest BCUT2D eigenvalue weighted by atomic mass is 16.5. The summed E-state index contributed by atoms with van der Waals surface area (Å²) in [6.45, 7) is 1.00. The van der Waals surface area contributed by atoms with Crippen LogP contribution in [0.5, 0.6) is 11.5 Å². The Morgan fingerprint density at radius 1 is 1.15 bits per heavy atom. The Balaban J connectivity index is 1.55. The van der Waals surface area contributed by atoms with Crippen molar-refractivity contribution in [2.24, 2.45) is 0 Å². The summed E-state index contributed by atoms with van der Waals surface area (Å²) in [5.41, 5.74) is 1.41. The highest BCUT2D eigenvalue weighted by Crippen LogP contribution is 2.25. The zero-order valence-electron chi connectivity index (χ0n) is 14.4. The fourth-order valence-corrected chi connectivity index (χ4v) is 2.59. The molecule has 0 radical (unpaired) electrons. The number of amides is 2. The zero-order valence-corrected chi connectivity index (χ0v) is 14.4. The van der Waals surface area contributed by atoms with Gasteiger partial charge < -0.3 is 24.4 Å². The molecule has 0 atom stereocenters. The monoisotopic (exact) mass is 356 g/mol. The average Bonchev–Trinajstić information content (AvgIpc) is 2.68. The van der Waals surface area contributed by atoms with Crippen LogP contribution in [-0.4, -0.2) is 45.3 Å². The van der Waals surface area contributed by atoms with Crippen LogP contribution in [0.2, 0.25) is 0 Å². The molecule has 0 aliphatic carbocycles. The minimum absolute atomic E-state index is 0.0711. The maximum absolute atomic E-state index is 12.1. The van der Waals surface area contributed by atoms with Gasteiger partial charge in [0.25, 0.3) is 11.8 Å². The lowest BCUT2D eigenvalue weighted by atomic mass is 10.2. The number of ether oxygens (including phenoxy) is 3. The van der Waals surface area contributed by atoms with E-state index < -0.39 is 0 Å². The first-order valence-corrected chi connectivity index (χ1v) is 8.21. The van der Waals surface area contributed by atoms with Crippen molar-refractivity contribution in [3.8, 4) is 11.5 Å². The number of anilines is 2. The molecule has 7 nitrogen and oxygen atoms in total. The number of nitrogens with one attached hydrogen (secondary N) is 1. The summed E-state index contributed by atoms with van der Waals surface area (Å²) in [5, 5.41) is 2.76. The molecule has 0 bridgehead atoms. The Morgan fingerprint density at radius 3 is 2.58 bits per heavy atom. The molecule has 136 valence electrons. The van der Waals surface area contributed by atoms with E-state index in [1.54, 1.807) is 54.5 Å². The smallest absolute Gasteiger partial charge is 0.262 e. The van der Waals surface area contributed by atoms with Crippen LogP contribution < -0.4 is 19.7 Å². The van der Waals surface area contributed by atoms with E-state index in [-0.39, 0.29) is 25.0 Å². The van der Waals surface area contributed by atoms with E-state index in [1.165, 1.54) is 0 Å². The Bertz CT molecular complexity index is 776. The predicted octanol–water partition coefficient (Wildman–Crippen LogP) is 2.08. The van der Waals surface area contributed by atoms with Crippen molar-refractivity contribution >= 4 is 23.2 Å². The van der Waals surface area contributed by atoms with Gasteiger partial charge in [-0.1, -0.05) is 12.1 Å². The van der Waals surface area contributed by atoms with Gasteiger partial charge in [0.15, 0.2) is 18.1 Å². The van der Waals surface area contributed by atoms with E-state index in [0.717, 1.165) is 5.69 Å². The molecule has 26 heavy (non-hydrogen) atoms. The molecule has 0 unspecified atom stereocenters. The second-order valence-electron chi connectivity index (χ2n) is 5.63. The number of para-hydroxylation sites is 2. The van der Waals surface area contributed by atoms with Crippen molar-refractivity contribution in [2.75, 3.05) is 43.7 Å². The number of rotatable bonds is 6. The molecule has 2 aromatic carbocycles. The number of hydrogen-bond donors (Lipinski definition) is 1. The Morgan fingerprint density at radius 2 is 1.88 bits per heavy atom. The maximum Gasteiger partial charge on any atom is 0.262 e. The van der Waals surface area contributed by atoms with Gasteiger partial charge in [-0.05, 0) is 36.4 Å². The number of methoxy groups -OCH3 is 1. The number of benzene rings is 2. The number of nitrogens with zero attached hydrogens (tertiary/aromatic N) is 1. The first-order chi connectivity index (χ1) is 12.7. The van der Waals surface area contributed by atoms with Crippen LogP contribution >= 0.6 is 0 Å². The molecule has 7 heteroatoms. The van der Waals surface area contributed by atoms with Gasteiger partial charge >= 0.3 is 0 Å². The third kappa shape index (κ3) is 4.31. The molecule has 1 saturated heterocycles. The summed E-state index contributed by atoms with van der Waals surface area (Å²) in [4.78, 5) is 25.6. The molecule has 1 aliphatic rings. The van der Waals surface area contributed by atoms with E-state index in [1.807, 2.05) is 6.07 Å². The van der Waals surface area contributed by atoms with E-state index in [9.17, 15) is 9.59 Å². The predicted molar refractivity (Wildman–Crippen MR) is 96.7 cm³/mol. The second-order valence-corrected chi connectivity index (χ2v) is 5.63. The molecule has 2 aromatic rings. The van der Waals surface area contributed by atoms with Crippen LogP contribution in [0.15, 0.2) is 48.5 Å². The molecule has 0 saturated carbocycles. The van der Waals surface area contributed by atoms with Crippen LogP contribution in [0.25, 0.3) is 0 Å². The zero-order chi connectivity index (χ0) is 18.4. The normalized spacial score (nSPS) is 14.0. The van der Waals surface area contributed by atoms with Gasteiger partial charge in [-0.2, -0.15) is 0 Å². The van der Waals surface area contributed by atoms with Crippen molar-refractivity contribution in [2.45, 2.75) is 0 Å². The topological polar surface area (TPSA) is 77.1 Å². The van der Waals surface area contributed by atoms with Gasteiger partial charge in [-0.15, -0.1) is 0 Å². The third-order valence-corrected chi connectivity index (χ3v) is 3.88. The fraction of sp³-hybridized carbons (Fsp3) is 0.263. The summed E-state index contributed by atoms with van der Waals surface area (Å²) >= 11 is 0. The lowest BCUT2D eigenvalue weighted by Crippen LogP contribution is -2.41. The molecule has 1 fully saturated rings. The van der Waals surface area contributed by atoms with Gasteiger partial charge in [0, 0.05) is 17.9 Å². The highest BCUT2D eigenvalue weighted by Gasteiger charge is 2.20. The molecule has 2 amide bonds. The van der Waals surface area contributed by atoms with Crippen LogP contribution in [0, 0.1) is 0 Å². The summed E-state index contributed by atoms with van der Waals surface area (Å²) in [5.74, 6) is 0.718. The third-order valence-electron chi connectivity index (χ3n) is 3.88. The van der Waals surface area contributed by atoms with Gasteiger partial charge in [-0.25, -0.2) is 0 Å². The SMILES string of the molecule is COc1ccccc1OCC(=O)Nc1ccc(N2CCOCC2=O)cc1. The summed E-state index contributed by atoms with van der Waals surface area (Å²) < 4.78 is 15.8.